The summed E-state index contributed by atoms with van der Waals surface area (Å²) in [4.78, 5) is 56.4. The predicted molar refractivity (Wildman–Crippen MR) is 148 cm³/mol. The summed E-state index contributed by atoms with van der Waals surface area (Å²) in [6.07, 6.45) is 2.27. The Bertz CT molecular complexity index is 1250. The molecule has 0 saturated carbocycles. The number of nitrogens with zero attached hydrogens (tertiary/aromatic N) is 3. The van der Waals surface area contributed by atoms with E-state index in [1.54, 1.807) is 55.1 Å². The van der Waals surface area contributed by atoms with Crippen molar-refractivity contribution in [3.8, 4) is 0 Å². The molecule has 206 valence electrons. The Morgan fingerprint density at radius 2 is 1.87 bits per heavy atom. The number of carbonyl (C=O) groups excluding carboxylic acids is 4. The Morgan fingerprint density at radius 1 is 1.18 bits per heavy atom. The van der Waals surface area contributed by atoms with Crippen LogP contribution in [0.15, 0.2) is 36.5 Å². The summed E-state index contributed by atoms with van der Waals surface area (Å²) in [5, 5.41) is 3.66. The van der Waals surface area contributed by atoms with Crippen LogP contribution in [0.2, 0.25) is 0 Å². The number of nitrogens with one attached hydrogen (secondary N) is 1. The molecule has 0 aliphatic carbocycles. The molecule has 2 aliphatic rings. The summed E-state index contributed by atoms with van der Waals surface area (Å²) in [6.45, 7) is 10.9. The van der Waals surface area contributed by atoms with Gasteiger partial charge in [0.1, 0.15) is 23.7 Å². The Balaban J connectivity index is 1.55. The topological polar surface area (TPSA) is 101 Å². The zero-order valence-corrected chi connectivity index (χ0v) is 24.0. The van der Waals surface area contributed by atoms with Crippen LogP contribution < -0.4 is 5.32 Å². The number of thioether (sulfide) groups is 1. The SMILES string of the molecule is C[C@@H](C(=O)N[C@H]1CCS[C@H]2CC(C)(C)[C@@H](C(=O)n3ccc4ccccc43)N2C1=O)N(C)C(=O)OC(C)(C)C. The predicted octanol–water partition coefficient (Wildman–Crippen LogP) is 4.11. The van der Waals surface area contributed by atoms with Crippen molar-refractivity contribution >= 4 is 46.5 Å². The van der Waals surface area contributed by atoms with Crippen LogP contribution in [0.3, 0.4) is 0 Å². The van der Waals surface area contributed by atoms with Crippen LogP contribution in [0.25, 0.3) is 10.9 Å². The standard InChI is InChI=1S/C28H38N4O5S/c1-17(30(7)26(36)37-27(2,3)4)23(33)29-19-13-15-38-21-16-28(5,6)22(32(21)24(19)34)25(35)31-14-12-18-10-8-9-11-20(18)31/h8-12,14,17,19,21-22H,13,15-16H2,1-7H3,(H,29,33)/t17-,19-,21-,22+/m0/s1. The largest absolute Gasteiger partial charge is 0.444 e. The van der Waals surface area contributed by atoms with Crippen molar-refractivity contribution in [2.24, 2.45) is 5.41 Å². The first kappa shape index (κ1) is 28.0. The van der Waals surface area contributed by atoms with Gasteiger partial charge in [0.15, 0.2) is 0 Å². The van der Waals surface area contributed by atoms with E-state index in [4.69, 9.17) is 4.74 Å². The normalized spacial score (nSPS) is 23.9. The second-order valence-electron chi connectivity index (χ2n) is 11.9. The molecule has 1 N–H and O–H groups in total. The van der Waals surface area contributed by atoms with Gasteiger partial charge in [-0.1, -0.05) is 32.0 Å². The lowest BCUT2D eigenvalue weighted by molar-refractivity contribution is -0.138. The molecule has 38 heavy (non-hydrogen) atoms. The number of likely N-dealkylation sites (N-methyl/N-ethyl adjacent to an activating group) is 1. The second kappa shape index (κ2) is 10.3. The third kappa shape index (κ3) is 5.41. The van der Waals surface area contributed by atoms with Crippen LogP contribution in [0, 0.1) is 5.41 Å². The van der Waals surface area contributed by atoms with Gasteiger partial charge >= 0.3 is 6.09 Å². The van der Waals surface area contributed by atoms with Gasteiger partial charge in [-0.2, -0.15) is 0 Å². The van der Waals surface area contributed by atoms with Crippen molar-refractivity contribution in [3.05, 3.63) is 36.5 Å². The van der Waals surface area contributed by atoms with Gasteiger partial charge in [-0.05, 0) is 63.8 Å². The monoisotopic (exact) mass is 542 g/mol. The molecule has 1 aromatic heterocycles. The first-order valence-electron chi connectivity index (χ1n) is 13.0. The van der Waals surface area contributed by atoms with Crippen LogP contribution >= 0.6 is 11.8 Å². The molecule has 2 aromatic rings. The molecule has 4 atom stereocenters. The van der Waals surface area contributed by atoms with E-state index in [9.17, 15) is 19.2 Å². The third-order valence-electron chi connectivity index (χ3n) is 7.33. The molecule has 0 spiro atoms. The fourth-order valence-electron chi connectivity index (χ4n) is 5.19. The van der Waals surface area contributed by atoms with Gasteiger partial charge in [-0.25, -0.2) is 4.79 Å². The average molecular weight is 543 g/mol. The number of ether oxygens (including phenoxy) is 1. The minimum absolute atomic E-state index is 0.155. The third-order valence-corrected chi connectivity index (χ3v) is 8.58. The number of para-hydroxylation sites is 1. The maximum absolute atomic E-state index is 14.0. The maximum atomic E-state index is 14.0. The molecule has 10 heteroatoms. The van der Waals surface area contributed by atoms with Gasteiger partial charge in [0, 0.05) is 18.6 Å². The smallest absolute Gasteiger partial charge is 0.410 e. The zero-order valence-electron chi connectivity index (χ0n) is 23.2. The van der Waals surface area contributed by atoms with Crippen LogP contribution in [0.4, 0.5) is 4.79 Å². The van der Waals surface area contributed by atoms with Crippen LogP contribution in [0.1, 0.15) is 59.2 Å². The number of benzene rings is 1. The molecule has 2 fully saturated rings. The molecule has 2 aliphatic heterocycles. The van der Waals surface area contributed by atoms with E-state index >= 15 is 0 Å². The van der Waals surface area contributed by atoms with Crippen molar-refractivity contribution < 1.29 is 23.9 Å². The lowest BCUT2D eigenvalue weighted by Gasteiger charge is -2.34. The molecule has 0 unspecified atom stereocenters. The van der Waals surface area contributed by atoms with Gasteiger partial charge in [0.2, 0.25) is 11.8 Å². The number of hydrogen-bond acceptors (Lipinski definition) is 6. The molecule has 4 rings (SSSR count). The van der Waals surface area contributed by atoms with Gasteiger partial charge in [0.05, 0.1) is 10.9 Å². The second-order valence-corrected chi connectivity index (χ2v) is 13.2. The van der Waals surface area contributed by atoms with E-state index in [-0.39, 0.29) is 17.2 Å². The molecule has 2 saturated heterocycles. The summed E-state index contributed by atoms with van der Waals surface area (Å²) < 4.78 is 7.01. The summed E-state index contributed by atoms with van der Waals surface area (Å²) >= 11 is 1.65. The molecule has 9 nitrogen and oxygen atoms in total. The van der Waals surface area contributed by atoms with Gasteiger partial charge in [-0.15, -0.1) is 11.8 Å². The minimum atomic E-state index is -0.844. The Kier molecular flexibility index (Phi) is 7.58. The number of hydrogen-bond donors (Lipinski definition) is 1. The van der Waals surface area contributed by atoms with Crippen molar-refractivity contribution in [1.82, 2.24) is 19.7 Å². The highest BCUT2D eigenvalue weighted by molar-refractivity contribution is 7.99. The van der Waals surface area contributed by atoms with E-state index in [0.29, 0.717) is 18.6 Å². The van der Waals surface area contributed by atoms with E-state index in [0.717, 1.165) is 10.9 Å². The Morgan fingerprint density at radius 3 is 2.55 bits per heavy atom. The fraction of sp³-hybridized carbons (Fsp3) is 0.571. The number of rotatable bonds is 4. The van der Waals surface area contributed by atoms with E-state index in [2.05, 4.69) is 5.32 Å². The summed E-state index contributed by atoms with van der Waals surface area (Å²) in [7, 11) is 1.50. The molecular formula is C28H38N4O5S. The summed E-state index contributed by atoms with van der Waals surface area (Å²) in [5.41, 5.74) is -0.345. The highest BCUT2D eigenvalue weighted by Gasteiger charge is 2.54. The lowest BCUT2D eigenvalue weighted by Crippen LogP contribution is -2.57. The Labute approximate surface area is 228 Å². The van der Waals surface area contributed by atoms with Crippen LogP contribution in [0.5, 0.6) is 0 Å². The zero-order chi connectivity index (χ0) is 28.0. The van der Waals surface area contributed by atoms with Crippen molar-refractivity contribution in [2.45, 2.75) is 83.5 Å². The molecule has 3 amide bonds. The quantitative estimate of drug-likeness (QED) is 0.624. The average Bonchev–Trinajstić information content (AvgIpc) is 3.34. The molecule has 3 heterocycles. The van der Waals surface area contributed by atoms with Crippen molar-refractivity contribution in [1.29, 1.82) is 0 Å². The molecule has 0 radical (unpaired) electrons. The maximum Gasteiger partial charge on any atom is 0.410 e. The molecular weight excluding hydrogens is 504 g/mol. The van der Waals surface area contributed by atoms with E-state index in [1.165, 1.54) is 11.9 Å². The minimum Gasteiger partial charge on any atom is -0.444 e. The van der Waals surface area contributed by atoms with E-state index < -0.39 is 41.1 Å². The first-order chi connectivity index (χ1) is 17.7. The fourth-order valence-corrected chi connectivity index (χ4v) is 6.77. The van der Waals surface area contributed by atoms with Gasteiger partial charge in [0.25, 0.3) is 5.91 Å². The van der Waals surface area contributed by atoms with Crippen molar-refractivity contribution in [3.63, 3.8) is 0 Å². The van der Waals surface area contributed by atoms with E-state index in [1.807, 2.05) is 44.2 Å². The van der Waals surface area contributed by atoms with Gasteiger partial charge < -0.3 is 15.0 Å². The summed E-state index contributed by atoms with van der Waals surface area (Å²) in [6, 6.07) is 7.26. The molecule has 1 aromatic carbocycles. The van der Waals surface area contributed by atoms with Gasteiger partial charge in [-0.3, -0.25) is 23.9 Å². The highest BCUT2D eigenvalue weighted by atomic mass is 32.2. The van der Waals surface area contributed by atoms with Crippen LogP contribution in [-0.2, 0) is 14.3 Å². The molecule has 0 bridgehead atoms. The first-order valence-corrected chi connectivity index (χ1v) is 14.1. The van der Waals surface area contributed by atoms with Crippen molar-refractivity contribution in [2.75, 3.05) is 12.8 Å². The summed E-state index contributed by atoms with van der Waals surface area (Å²) in [5.74, 6) is -0.200. The number of carbonyl (C=O) groups is 4. The number of fused-ring (bicyclic) bond motifs is 2. The highest BCUT2D eigenvalue weighted by Crippen LogP contribution is 2.47. The van der Waals surface area contributed by atoms with Crippen LogP contribution in [-0.4, -0.2) is 80.1 Å². The lowest BCUT2D eigenvalue weighted by atomic mass is 9.84. The Hall–Kier alpha value is -3.01. The number of aromatic nitrogens is 1. The number of amides is 3.